The van der Waals surface area contributed by atoms with Crippen LogP contribution in [0.5, 0.6) is 5.88 Å². The molecule has 2 unspecified atom stereocenters. The second-order valence-corrected chi connectivity index (χ2v) is 10.9. The quantitative estimate of drug-likeness (QED) is 0.504. The molecule has 2 aliphatic carbocycles. The zero-order chi connectivity index (χ0) is 24.2. The van der Waals surface area contributed by atoms with Gasteiger partial charge in [0.15, 0.2) is 14.8 Å². The average Bonchev–Trinajstić information content (AvgIpc) is 3.55. The van der Waals surface area contributed by atoms with Crippen molar-refractivity contribution < 1.29 is 18.1 Å². The number of hydrogen-bond acceptors (Lipinski definition) is 7. The van der Waals surface area contributed by atoms with Crippen LogP contribution in [0.1, 0.15) is 35.1 Å². The molecule has 0 saturated heterocycles. The average molecular weight is 488 g/mol. The van der Waals surface area contributed by atoms with E-state index in [0.717, 1.165) is 24.0 Å². The fourth-order valence-electron chi connectivity index (χ4n) is 5.08. The van der Waals surface area contributed by atoms with Crippen LogP contribution in [0.3, 0.4) is 0 Å². The van der Waals surface area contributed by atoms with Crippen molar-refractivity contribution in [3.8, 4) is 12.1 Å². The van der Waals surface area contributed by atoms with E-state index < -0.39 is 15.9 Å². The van der Waals surface area contributed by atoms with Crippen molar-refractivity contribution in [1.82, 2.24) is 19.0 Å². The van der Waals surface area contributed by atoms with Crippen LogP contribution < -0.4 is 10.1 Å². The van der Waals surface area contributed by atoms with Gasteiger partial charge in [0.2, 0.25) is 12.1 Å². The van der Waals surface area contributed by atoms with Gasteiger partial charge in [0.25, 0.3) is 0 Å². The molecule has 2 atom stereocenters. The van der Waals surface area contributed by atoms with Crippen LogP contribution in [0, 0.1) is 22.1 Å². The fraction of sp³-hybridized carbons (Fsp3) is 0.500. The number of hydrogen-bond donors (Lipinski definition) is 2. The molecule has 0 radical (unpaired) electrons. The molecular formula is C22H26FN7O3S. The molecule has 0 fully saturated rings. The summed E-state index contributed by atoms with van der Waals surface area (Å²) < 4.78 is 44.6. The van der Waals surface area contributed by atoms with E-state index in [2.05, 4.69) is 10.4 Å². The molecule has 2 heterocycles. The Morgan fingerprint density at radius 1 is 1.26 bits per heavy atom. The molecule has 1 aromatic heterocycles. The minimum Gasteiger partial charge on any atom is -0.475 e. The van der Waals surface area contributed by atoms with Crippen LogP contribution in [0.4, 0.5) is 14.9 Å². The van der Waals surface area contributed by atoms with E-state index >= 15 is 0 Å². The minimum atomic E-state index is -4.08. The third kappa shape index (κ3) is 3.42. The lowest BCUT2D eigenvalue weighted by molar-refractivity contribution is 0.117. The number of urea groups is 1. The number of nitriles is 1. The Balaban J connectivity index is 1.47. The maximum atomic E-state index is 15.0. The summed E-state index contributed by atoms with van der Waals surface area (Å²) in [5.74, 6) is -0.0613. The second kappa shape index (κ2) is 8.25. The highest BCUT2D eigenvalue weighted by atomic mass is 32.2. The first-order valence-electron chi connectivity index (χ1n) is 11.2. The first-order valence-corrected chi connectivity index (χ1v) is 12.7. The lowest BCUT2D eigenvalue weighted by Crippen LogP contribution is -2.41. The van der Waals surface area contributed by atoms with Gasteiger partial charge in [0.1, 0.15) is 12.4 Å². The predicted octanol–water partition coefficient (Wildman–Crippen LogP) is 2.66. The summed E-state index contributed by atoms with van der Waals surface area (Å²) in [6.45, 7) is 0.762. The van der Waals surface area contributed by atoms with Crippen molar-refractivity contribution in [2.45, 2.75) is 56.0 Å². The van der Waals surface area contributed by atoms with E-state index in [9.17, 15) is 18.7 Å². The Kier molecular flexibility index (Phi) is 5.49. The topological polar surface area (TPSA) is 127 Å². The lowest BCUT2D eigenvalue weighted by Gasteiger charge is -2.29. The van der Waals surface area contributed by atoms with Gasteiger partial charge in [-0.05, 0) is 74.9 Å². The Hall–Kier alpha value is -3.17. The molecule has 0 spiro atoms. The van der Waals surface area contributed by atoms with Crippen molar-refractivity contribution in [2.24, 2.45) is 0 Å². The van der Waals surface area contributed by atoms with Crippen molar-refractivity contribution in [3.05, 3.63) is 34.3 Å². The molecule has 1 aliphatic heterocycles. The summed E-state index contributed by atoms with van der Waals surface area (Å²) in [6.07, 6.45) is 6.83. The van der Waals surface area contributed by atoms with Crippen LogP contribution in [-0.2, 0) is 42.1 Å². The van der Waals surface area contributed by atoms with E-state index in [-0.39, 0.29) is 22.6 Å². The van der Waals surface area contributed by atoms with Crippen molar-refractivity contribution >= 4 is 21.6 Å². The SMILES string of the molecule is CN(C)C1COc2c(S(=N)(=O)N(C#N)C(=O)Nc3c4c(c(F)c5c3CCC5)CCC4)cnn2C1. The standard InChI is InChI=1S/C22H26FN7O3S/c1-28(2)13-10-29-21(33-11-13)18(9-26-29)34(25,32)30(12-24)22(31)27-20-16-7-3-5-14(16)19(23)15-6-4-8-17(15)20/h9,13,25H,3-8,10-11H2,1-2H3,(H,27,31). The van der Waals surface area contributed by atoms with Gasteiger partial charge in [0, 0.05) is 5.69 Å². The number of nitrogens with one attached hydrogen (secondary N) is 2. The van der Waals surface area contributed by atoms with E-state index in [4.69, 9.17) is 9.52 Å². The zero-order valence-corrected chi connectivity index (χ0v) is 19.9. The first kappa shape index (κ1) is 22.6. The van der Waals surface area contributed by atoms with E-state index in [0.29, 0.717) is 60.0 Å². The summed E-state index contributed by atoms with van der Waals surface area (Å²) in [5.41, 5.74) is 3.20. The summed E-state index contributed by atoms with van der Waals surface area (Å²) in [4.78, 5) is 15.0. The van der Waals surface area contributed by atoms with Crippen LogP contribution in [0.15, 0.2) is 11.1 Å². The highest BCUT2D eigenvalue weighted by molar-refractivity contribution is 7.91. The smallest absolute Gasteiger partial charge is 0.348 e. The zero-order valence-electron chi connectivity index (χ0n) is 19.1. The van der Waals surface area contributed by atoms with Crippen LogP contribution in [-0.4, -0.2) is 56.0 Å². The van der Waals surface area contributed by atoms with Gasteiger partial charge in [-0.15, -0.1) is 4.31 Å². The molecule has 180 valence electrons. The molecule has 0 saturated carbocycles. The molecule has 3 aliphatic rings. The van der Waals surface area contributed by atoms with Gasteiger partial charge in [-0.1, -0.05) is 0 Å². The van der Waals surface area contributed by atoms with E-state index in [1.165, 1.54) is 10.9 Å². The normalized spacial score (nSPS) is 20.0. The van der Waals surface area contributed by atoms with Crippen molar-refractivity contribution in [2.75, 3.05) is 26.0 Å². The van der Waals surface area contributed by atoms with Crippen LogP contribution in [0.2, 0.25) is 0 Å². The summed E-state index contributed by atoms with van der Waals surface area (Å²) in [5, 5.41) is 16.6. The van der Waals surface area contributed by atoms with Crippen molar-refractivity contribution in [1.29, 1.82) is 10.0 Å². The first-order chi connectivity index (χ1) is 16.2. The molecule has 10 nitrogen and oxygen atoms in total. The van der Waals surface area contributed by atoms with Gasteiger partial charge >= 0.3 is 6.03 Å². The molecule has 2 amide bonds. The number of ether oxygens (including phenoxy) is 1. The fourth-order valence-corrected chi connectivity index (χ4v) is 6.26. The minimum absolute atomic E-state index is 0.0417. The van der Waals surface area contributed by atoms with Crippen molar-refractivity contribution in [3.63, 3.8) is 0 Å². The summed E-state index contributed by atoms with van der Waals surface area (Å²) in [7, 11) is -0.269. The maximum absolute atomic E-state index is 15.0. The highest BCUT2D eigenvalue weighted by Gasteiger charge is 2.36. The van der Waals surface area contributed by atoms with Gasteiger partial charge in [-0.2, -0.15) is 10.4 Å². The molecule has 0 bridgehead atoms. The Bertz CT molecular complexity index is 1290. The van der Waals surface area contributed by atoms with E-state index in [1.807, 2.05) is 19.0 Å². The largest absolute Gasteiger partial charge is 0.475 e. The monoisotopic (exact) mass is 487 g/mol. The number of carbonyl (C=O) groups is 1. The number of aromatic nitrogens is 2. The summed E-state index contributed by atoms with van der Waals surface area (Å²) >= 11 is 0. The number of amides is 2. The van der Waals surface area contributed by atoms with Gasteiger partial charge < -0.3 is 15.0 Å². The van der Waals surface area contributed by atoms with Gasteiger partial charge in [-0.25, -0.2) is 22.9 Å². The maximum Gasteiger partial charge on any atom is 0.348 e. The van der Waals surface area contributed by atoms with Gasteiger partial charge in [-0.3, -0.25) is 0 Å². The molecule has 1 aromatic carbocycles. The third-order valence-electron chi connectivity index (χ3n) is 6.92. The Morgan fingerprint density at radius 3 is 2.47 bits per heavy atom. The number of nitrogens with zero attached hydrogens (tertiary/aromatic N) is 5. The second-order valence-electron chi connectivity index (χ2n) is 9.09. The number of fused-ring (bicyclic) bond motifs is 3. The molecule has 2 N–H and O–H groups in total. The number of anilines is 1. The number of halogens is 1. The predicted molar refractivity (Wildman–Crippen MR) is 121 cm³/mol. The number of rotatable bonds is 4. The van der Waals surface area contributed by atoms with Crippen LogP contribution >= 0.6 is 0 Å². The molecule has 2 aromatic rings. The Labute approximate surface area is 197 Å². The molecule has 5 rings (SSSR count). The van der Waals surface area contributed by atoms with Crippen LogP contribution in [0.25, 0.3) is 0 Å². The third-order valence-corrected chi connectivity index (χ3v) is 8.56. The summed E-state index contributed by atoms with van der Waals surface area (Å²) in [6, 6.07) is -0.945. The Morgan fingerprint density at radius 2 is 1.88 bits per heavy atom. The van der Waals surface area contributed by atoms with Gasteiger partial charge in [0.05, 0.1) is 18.8 Å². The molecule has 34 heavy (non-hydrogen) atoms. The number of likely N-dealkylation sites (N-methyl/N-ethyl adjacent to an activating group) is 1. The number of benzene rings is 1. The molecule has 12 heteroatoms. The highest BCUT2D eigenvalue weighted by Crippen LogP contribution is 2.41. The van der Waals surface area contributed by atoms with E-state index in [1.54, 1.807) is 6.19 Å². The lowest BCUT2D eigenvalue weighted by atomic mass is 9.98. The number of carbonyl (C=O) groups excluding carboxylic acids is 1. The molecular weight excluding hydrogens is 461 g/mol.